The van der Waals surface area contributed by atoms with E-state index in [1.807, 2.05) is 47.5 Å². The smallest absolute Gasteiger partial charge is 0.253 e. The Labute approximate surface area is 152 Å². The molecule has 6 heteroatoms. The van der Waals surface area contributed by atoms with Crippen LogP contribution in [0.2, 0.25) is 0 Å². The number of hydrogen-bond acceptors (Lipinski definition) is 5. The third-order valence-electron chi connectivity index (χ3n) is 4.78. The van der Waals surface area contributed by atoms with Crippen LogP contribution in [0.25, 0.3) is 6.08 Å². The normalized spacial score (nSPS) is 19.2. The number of aromatic nitrogens is 1. The van der Waals surface area contributed by atoms with E-state index in [0.717, 1.165) is 35.7 Å². The van der Waals surface area contributed by atoms with E-state index < -0.39 is 0 Å². The minimum absolute atomic E-state index is 0.00817. The quantitative estimate of drug-likeness (QED) is 0.917. The standard InChI is InChI=1S/C20H21N3O3/c1-25-17-4-5-19-15(10-17)9-16(13-26-19)20(24)23-8-7-22-12-18(23)14-3-2-6-21-11-14/h2-6,9-11,18,22H,7-8,12-13H2,1H3. The average Bonchev–Trinajstić information content (AvgIpc) is 2.73. The molecule has 1 N–H and O–H groups in total. The van der Waals surface area contributed by atoms with Crippen molar-refractivity contribution in [2.24, 2.45) is 0 Å². The molecule has 134 valence electrons. The first-order chi connectivity index (χ1) is 12.8. The molecular weight excluding hydrogens is 330 g/mol. The van der Waals surface area contributed by atoms with Gasteiger partial charge in [-0.15, -0.1) is 0 Å². The lowest BCUT2D eigenvalue weighted by atomic mass is 10.0. The summed E-state index contributed by atoms with van der Waals surface area (Å²) < 4.78 is 11.1. The number of piperazine rings is 1. The van der Waals surface area contributed by atoms with Gasteiger partial charge in [-0.3, -0.25) is 9.78 Å². The molecule has 2 aliphatic rings. The van der Waals surface area contributed by atoms with Crippen LogP contribution in [0.4, 0.5) is 0 Å². The first-order valence-electron chi connectivity index (χ1n) is 8.69. The molecule has 0 radical (unpaired) electrons. The second-order valence-corrected chi connectivity index (χ2v) is 6.37. The molecule has 0 aliphatic carbocycles. The molecule has 1 aromatic carbocycles. The Morgan fingerprint density at radius 2 is 2.31 bits per heavy atom. The predicted molar refractivity (Wildman–Crippen MR) is 98.0 cm³/mol. The Morgan fingerprint density at radius 3 is 3.12 bits per heavy atom. The van der Waals surface area contributed by atoms with Crippen LogP contribution in [-0.4, -0.2) is 49.1 Å². The van der Waals surface area contributed by atoms with Crippen molar-refractivity contribution >= 4 is 12.0 Å². The number of rotatable bonds is 3. The Kier molecular flexibility index (Phi) is 4.58. The van der Waals surface area contributed by atoms with Crippen LogP contribution in [0.15, 0.2) is 48.3 Å². The molecule has 3 heterocycles. The molecule has 6 nitrogen and oxygen atoms in total. The van der Waals surface area contributed by atoms with E-state index in [0.29, 0.717) is 12.1 Å². The Morgan fingerprint density at radius 1 is 1.38 bits per heavy atom. The molecule has 1 amide bonds. The van der Waals surface area contributed by atoms with Gasteiger partial charge in [0.05, 0.1) is 18.7 Å². The summed E-state index contributed by atoms with van der Waals surface area (Å²) in [6.45, 7) is 2.43. The van der Waals surface area contributed by atoms with E-state index in [1.54, 1.807) is 13.3 Å². The fraction of sp³-hybridized carbons (Fsp3) is 0.300. The number of ether oxygens (including phenoxy) is 2. The minimum Gasteiger partial charge on any atom is -0.497 e. The summed E-state index contributed by atoms with van der Waals surface area (Å²) in [5, 5.41) is 3.36. The number of benzene rings is 1. The third-order valence-corrected chi connectivity index (χ3v) is 4.78. The second-order valence-electron chi connectivity index (χ2n) is 6.37. The number of amides is 1. The Bertz CT molecular complexity index is 835. The SMILES string of the molecule is COc1ccc2c(c1)C=C(C(=O)N1CCNCC1c1cccnc1)CO2. The van der Waals surface area contributed by atoms with Crippen LogP contribution >= 0.6 is 0 Å². The fourth-order valence-corrected chi connectivity index (χ4v) is 3.41. The van der Waals surface area contributed by atoms with Gasteiger partial charge in [0.1, 0.15) is 18.1 Å². The molecular formula is C20H21N3O3. The Hall–Kier alpha value is -2.86. The van der Waals surface area contributed by atoms with Crippen molar-refractivity contribution in [3.8, 4) is 11.5 Å². The van der Waals surface area contributed by atoms with Gasteiger partial charge in [-0.25, -0.2) is 0 Å². The van der Waals surface area contributed by atoms with E-state index in [4.69, 9.17) is 9.47 Å². The van der Waals surface area contributed by atoms with Gasteiger partial charge in [-0.2, -0.15) is 0 Å². The predicted octanol–water partition coefficient (Wildman–Crippen LogP) is 2.04. The molecule has 1 atom stereocenters. The van der Waals surface area contributed by atoms with Crippen molar-refractivity contribution < 1.29 is 14.3 Å². The van der Waals surface area contributed by atoms with Crippen LogP contribution in [0.1, 0.15) is 17.2 Å². The first kappa shape index (κ1) is 16.6. The third kappa shape index (κ3) is 3.15. The summed E-state index contributed by atoms with van der Waals surface area (Å²) in [5.74, 6) is 1.52. The first-order valence-corrected chi connectivity index (χ1v) is 8.69. The molecule has 1 saturated heterocycles. The minimum atomic E-state index is -0.0300. The molecule has 0 saturated carbocycles. The lowest BCUT2D eigenvalue weighted by Gasteiger charge is -2.37. The average molecular weight is 351 g/mol. The zero-order valence-corrected chi connectivity index (χ0v) is 14.6. The molecule has 1 fully saturated rings. The summed E-state index contributed by atoms with van der Waals surface area (Å²) in [6, 6.07) is 9.49. The molecule has 2 aliphatic heterocycles. The molecule has 1 unspecified atom stereocenters. The molecule has 4 rings (SSSR count). The number of nitrogens with one attached hydrogen (secondary N) is 1. The van der Waals surface area contributed by atoms with Crippen molar-refractivity contribution in [3.63, 3.8) is 0 Å². The van der Waals surface area contributed by atoms with Gasteiger partial charge in [-0.1, -0.05) is 6.07 Å². The monoisotopic (exact) mass is 351 g/mol. The van der Waals surface area contributed by atoms with E-state index in [-0.39, 0.29) is 18.6 Å². The van der Waals surface area contributed by atoms with Gasteiger partial charge in [0.15, 0.2) is 0 Å². The highest BCUT2D eigenvalue weighted by Gasteiger charge is 2.31. The van der Waals surface area contributed by atoms with Gasteiger partial charge >= 0.3 is 0 Å². The highest BCUT2D eigenvalue weighted by Crippen LogP contribution is 2.31. The summed E-state index contributed by atoms with van der Waals surface area (Å²) in [4.78, 5) is 19.3. The number of pyridine rings is 1. The molecule has 26 heavy (non-hydrogen) atoms. The lowest BCUT2D eigenvalue weighted by Crippen LogP contribution is -2.49. The van der Waals surface area contributed by atoms with Crippen molar-refractivity contribution in [1.29, 1.82) is 0 Å². The van der Waals surface area contributed by atoms with Crippen LogP contribution < -0.4 is 14.8 Å². The zero-order chi connectivity index (χ0) is 17.9. The molecule has 2 aromatic rings. The Balaban J connectivity index is 1.62. The van der Waals surface area contributed by atoms with Crippen LogP contribution in [-0.2, 0) is 4.79 Å². The van der Waals surface area contributed by atoms with E-state index in [2.05, 4.69) is 10.3 Å². The van der Waals surface area contributed by atoms with E-state index in [9.17, 15) is 4.79 Å². The van der Waals surface area contributed by atoms with Gasteiger partial charge in [0.25, 0.3) is 5.91 Å². The van der Waals surface area contributed by atoms with E-state index in [1.165, 1.54) is 0 Å². The van der Waals surface area contributed by atoms with Crippen LogP contribution in [0.5, 0.6) is 11.5 Å². The van der Waals surface area contributed by atoms with Crippen molar-refractivity contribution in [2.45, 2.75) is 6.04 Å². The largest absolute Gasteiger partial charge is 0.497 e. The van der Waals surface area contributed by atoms with Gasteiger partial charge in [0.2, 0.25) is 0 Å². The lowest BCUT2D eigenvalue weighted by molar-refractivity contribution is -0.130. The number of fused-ring (bicyclic) bond motifs is 1. The van der Waals surface area contributed by atoms with Gasteiger partial charge < -0.3 is 19.7 Å². The van der Waals surface area contributed by atoms with Crippen molar-refractivity contribution in [1.82, 2.24) is 15.2 Å². The second kappa shape index (κ2) is 7.17. The van der Waals surface area contributed by atoms with Crippen LogP contribution in [0.3, 0.4) is 0 Å². The molecule has 0 spiro atoms. The van der Waals surface area contributed by atoms with E-state index >= 15 is 0 Å². The van der Waals surface area contributed by atoms with Gasteiger partial charge in [0, 0.05) is 37.6 Å². The molecule has 1 aromatic heterocycles. The number of carbonyl (C=O) groups excluding carboxylic acids is 1. The highest BCUT2D eigenvalue weighted by atomic mass is 16.5. The summed E-state index contributed by atoms with van der Waals surface area (Å²) in [6.07, 6.45) is 5.48. The maximum atomic E-state index is 13.2. The van der Waals surface area contributed by atoms with Crippen molar-refractivity contribution in [2.75, 3.05) is 33.4 Å². The fourth-order valence-electron chi connectivity index (χ4n) is 3.41. The maximum absolute atomic E-state index is 13.2. The topological polar surface area (TPSA) is 63.7 Å². The highest BCUT2D eigenvalue weighted by molar-refractivity contribution is 5.99. The number of hydrogen-bond donors (Lipinski definition) is 1. The summed E-state index contributed by atoms with van der Waals surface area (Å²) in [5.41, 5.74) is 2.56. The summed E-state index contributed by atoms with van der Waals surface area (Å²) >= 11 is 0. The van der Waals surface area contributed by atoms with Crippen molar-refractivity contribution in [3.05, 3.63) is 59.4 Å². The maximum Gasteiger partial charge on any atom is 0.253 e. The van der Waals surface area contributed by atoms with Gasteiger partial charge in [-0.05, 0) is 35.9 Å². The number of methoxy groups -OCH3 is 1. The zero-order valence-electron chi connectivity index (χ0n) is 14.6. The number of carbonyl (C=O) groups is 1. The van der Waals surface area contributed by atoms with Crippen LogP contribution in [0, 0.1) is 0 Å². The summed E-state index contributed by atoms with van der Waals surface area (Å²) in [7, 11) is 1.63. The molecule has 0 bridgehead atoms. The number of nitrogens with zero attached hydrogens (tertiary/aromatic N) is 2.